The van der Waals surface area contributed by atoms with Crippen molar-refractivity contribution in [1.29, 1.82) is 0 Å². The van der Waals surface area contributed by atoms with Gasteiger partial charge in [0.15, 0.2) is 0 Å². The Morgan fingerprint density at radius 2 is 1.76 bits per heavy atom. The van der Waals surface area contributed by atoms with Crippen molar-refractivity contribution in [1.82, 2.24) is 0 Å². The number of hydrogen-bond donors (Lipinski definition) is 2. The molecule has 2 amide bonds. The molecule has 0 spiro atoms. The van der Waals surface area contributed by atoms with Gasteiger partial charge >= 0.3 is 0 Å². The molecule has 7 heteroatoms. The van der Waals surface area contributed by atoms with Gasteiger partial charge in [0, 0.05) is 20.6 Å². The number of primary amides is 1. The lowest BCUT2D eigenvalue weighted by molar-refractivity contribution is 0.0996. The molecule has 0 aliphatic carbocycles. The summed E-state index contributed by atoms with van der Waals surface area (Å²) in [7, 11) is 0. The second-order valence-corrected chi connectivity index (χ2v) is 5.93. The Labute approximate surface area is 139 Å². The van der Waals surface area contributed by atoms with E-state index in [0.29, 0.717) is 25.8 Å². The fraction of sp³-hybridized carbons (Fsp3) is 0. The van der Waals surface area contributed by atoms with Gasteiger partial charge in [-0.05, 0) is 36.4 Å². The number of carbonyl (C=O) groups excluding carboxylic acids is 2. The van der Waals surface area contributed by atoms with Crippen LogP contribution in [0.15, 0.2) is 40.9 Å². The number of halogens is 3. The SMILES string of the molecule is NC(=O)c1ccc(Cl)c(NC(=O)c2cc(Cl)cc(Br)c2)c1. The van der Waals surface area contributed by atoms with Crippen LogP contribution in [0.4, 0.5) is 5.69 Å². The van der Waals surface area contributed by atoms with Crippen LogP contribution >= 0.6 is 39.1 Å². The average Bonchev–Trinajstić information content (AvgIpc) is 2.39. The minimum Gasteiger partial charge on any atom is -0.366 e. The number of hydrogen-bond acceptors (Lipinski definition) is 2. The van der Waals surface area contributed by atoms with E-state index in [2.05, 4.69) is 21.2 Å². The third kappa shape index (κ3) is 3.97. The van der Waals surface area contributed by atoms with Gasteiger partial charge in [0.25, 0.3) is 5.91 Å². The lowest BCUT2D eigenvalue weighted by Gasteiger charge is -2.09. The highest BCUT2D eigenvalue weighted by Crippen LogP contribution is 2.25. The largest absolute Gasteiger partial charge is 0.366 e. The zero-order valence-corrected chi connectivity index (χ0v) is 13.6. The van der Waals surface area contributed by atoms with Crippen molar-refractivity contribution < 1.29 is 9.59 Å². The van der Waals surface area contributed by atoms with Gasteiger partial charge in [-0.1, -0.05) is 39.1 Å². The van der Waals surface area contributed by atoms with Gasteiger partial charge in [-0.2, -0.15) is 0 Å². The van der Waals surface area contributed by atoms with Crippen molar-refractivity contribution in [3.8, 4) is 0 Å². The lowest BCUT2D eigenvalue weighted by atomic mass is 10.1. The number of rotatable bonds is 3. The molecule has 2 aromatic carbocycles. The molecule has 0 aromatic heterocycles. The normalized spacial score (nSPS) is 10.2. The maximum Gasteiger partial charge on any atom is 0.255 e. The van der Waals surface area contributed by atoms with Crippen LogP contribution in [-0.4, -0.2) is 11.8 Å². The first kappa shape index (κ1) is 15.8. The van der Waals surface area contributed by atoms with Gasteiger partial charge in [-0.3, -0.25) is 9.59 Å². The summed E-state index contributed by atoms with van der Waals surface area (Å²) in [4.78, 5) is 23.3. The molecule has 108 valence electrons. The summed E-state index contributed by atoms with van der Waals surface area (Å²) in [6.07, 6.45) is 0. The van der Waals surface area contributed by atoms with Crippen LogP contribution in [0, 0.1) is 0 Å². The summed E-state index contributed by atoms with van der Waals surface area (Å²) in [5.74, 6) is -1.01. The summed E-state index contributed by atoms with van der Waals surface area (Å²) < 4.78 is 0.678. The van der Waals surface area contributed by atoms with Crippen molar-refractivity contribution in [2.75, 3.05) is 5.32 Å². The van der Waals surface area contributed by atoms with Crippen molar-refractivity contribution in [3.05, 3.63) is 62.0 Å². The van der Waals surface area contributed by atoms with Crippen molar-refractivity contribution in [2.45, 2.75) is 0 Å². The van der Waals surface area contributed by atoms with E-state index >= 15 is 0 Å². The van der Waals surface area contributed by atoms with Gasteiger partial charge < -0.3 is 11.1 Å². The van der Waals surface area contributed by atoms with Crippen LogP contribution in [0.25, 0.3) is 0 Å². The van der Waals surface area contributed by atoms with E-state index in [9.17, 15) is 9.59 Å². The smallest absolute Gasteiger partial charge is 0.255 e. The highest BCUT2D eigenvalue weighted by atomic mass is 79.9. The number of carbonyl (C=O) groups is 2. The molecule has 0 bridgehead atoms. The number of anilines is 1. The molecule has 2 rings (SSSR count). The molecule has 2 aromatic rings. The summed E-state index contributed by atoms with van der Waals surface area (Å²) in [6.45, 7) is 0. The van der Waals surface area contributed by atoms with Crippen molar-refractivity contribution in [2.24, 2.45) is 5.73 Å². The molecule has 0 aliphatic heterocycles. The van der Waals surface area contributed by atoms with Gasteiger partial charge in [0.2, 0.25) is 5.91 Å². The molecular weight excluding hydrogens is 379 g/mol. The van der Waals surface area contributed by atoms with Crippen LogP contribution in [0.5, 0.6) is 0 Å². The van der Waals surface area contributed by atoms with E-state index in [1.54, 1.807) is 12.1 Å². The summed E-state index contributed by atoms with van der Waals surface area (Å²) >= 11 is 15.2. The molecule has 0 atom stereocenters. The Hall–Kier alpha value is -1.56. The monoisotopic (exact) mass is 386 g/mol. The summed E-state index contributed by atoms with van der Waals surface area (Å²) in [6, 6.07) is 9.20. The van der Waals surface area contributed by atoms with E-state index in [1.807, 2.05) is 0 Å². The number of nitrogens with one attached hydrogen (secondary N) is 1. The Bertz CT molecular complexity index is 715. The highest BCUT2D eigenvalue weighted by Gasteiger charge is 2.12. The van der Waals surface area contributed by atoms with Crippen LogP contribution < -0.4 is 11.1 Å². The van der Waals surface area contributed by atoms with E-state index in [0.717, 1.165) is 0 Å². The van der Waals surface area contributed by atoms with E-state index < -0.39 is 11.8 Å². The molecular formula is C14H9BrCl2N2O2. The van der Waals surface area contributed by atoms with Crippen molar-refractivity contribution >= 4 is 56.6 Å². The first-order valence-corrected chi connectivity index (χ1v) is 7.28. The molecule has 0 unspecified atom stereocenters. The molecule has 4 nitrogen and oxygen atoms in total. The fourth-order valence-electron chi connectivity index (χ4n) is 1.65. The Morgan fingerprint density at radius 3 is 2.38 bits per heavy atom. The Kier molecular flexibility index (Phi) is 4.88. The van der Waals surface area contributed by atoms with Gasteiger partial charge in [0.1, 0.15) is 0 Å². The fourth-order valence-corrected chi connectivity index (χ4v) is 2.68. The minimum atomic E-state index is -0.604. The van der Waals surface area contributed by atoms with Gasteiger partial charge in [-0.15, -0.1) is 0 Å². The van der Waals surface area contributed by atoms with Crippen molar-refractivity contribution in [3.63, 3.8) is 0 Å². The zero-order chi connectivity index (χ0) is 15.6. The van der Waals surface area contributed by atoms with E-state index in [1.165, 1.54) is 24.3 Å². The predicted octanol–water partition coefficient (Wildman–Crippen LogP) is 4.11. The molecule has 0 radical (unpaired) electrons. The third-order valence-electron chi connectivity index (χ3n) is 2.62. The quantitative estimate of drug-likeness (QED) is 0.831. The molecule has 3 N–H and O–H groups in total. The minimum absolute atomic E-state index is 0.252. The topological polar surface area (TPSA) is 72.2 Å². The molecule has 21 heavy (non-hydrogen) atoms. The molecule has 0 saturated heterocycles. The Morgan fingerprint density at radius 1 is 1.05 bits per heavy atom. The second kappa shape index (κ2) is 6.47. The molecule has 0 aliphatic rings. The van der Waals surface area contributed by atoms with Crippen LogP contribution in [-0.2, 0) is 0 Å². The number of nitrogens with two attached hydrogens (primary N) is 1. The maximum absolute atomic E-state index is 12.2. The summed E-state index contributed by atoms with van der Waals surface area (Å²) in [5.41, 5.74) is 6.10. The van der Waals surface area contributed by atoms with Crippen LogP contribution in [0.1, 0.15) is 20.7 Å². The average molecular weight is 388 g/mol. The standard InChI is InChI=1S/C14H9BrCl2N2O2/c15-9-3-8(4-10(16)6-9)14(21)19-12-5-7(13(18)20)1-2-11(12)17/h1-6H,(H2,18,20)(H,19,21). The highest BCUT2D eigenvalue weighted by molar-refractivity contribution is 9.10. The number of amides is 2. The molecule has 0 heterocycles. The van der Waals surface area contributed by atoms with Gasteiger partial charge in [0.05, 0.1) is 10.7 Å². The zero-order valence-electron chi connectivity index (χ0n) is 10.5. The van der Waals surface area contributed by atoms with E-state index in [4.69, 9.17) is 28.9 Å². The van der Waals surface area contributed by atoms with Crippen LogP contribution in [0.3, 0.4) is 0 Å². The first-order chi connectivity index (χ1) is 9.86. The first-order valence-electron chi connectivity index (χ1n) is 5.73. The predicted molar refractivity (Wildman–Crippen MR) is 87.1 cm³/mol. The maximum atomic E-state index is 12.2. The van der Waals surface area contributed by atoms with Gasteiger partial charge in [-0.25, -0.2) is 0 Å². The molecule has 0 fully saturated rings. The Balaban J connectivity index is 2.31. The molecule has 0 saturated carbocycles. The van der Waals surface area contributed by atoms with E-state index in [-0.39, 0.29) is 5.56 Å². The third-order valence-corrected chi connectivity index (χ3v) is 3.63. The summed E-state index contributed by atoms with van der Waals surface area (Å²) in [5, 5.41) is 3.34. The lowest BCUT2D eigenvalue weighted by Crippen LogP contribution is -2.15. The number of benzene rings is 2. The van der Waals surface area contributed by atoms with Crippen LogP contribution in [0.2, 0.25) is 10.0 Å². The second-order valence-electron chi connectivity index (χ2n) is 4.17.